The fourth-order valence-electron chi connectivity index (χ4n) is 2.70. The lowest BCUT2D eigenvalue weighted by molar-refractivity contribution is 0.118. The van der Waals surface area contributed by atoms with Crippen molar-refractivity contribution in [2.75, 3.05) is 6.61 Å². The lowest BCUT2D eigenvalue weighted by Gasteiger charge is -2.30. The number of halogens is 1. The number of benzene rings is 1. The Kier molecular flexibility index (Phi) is 4.30. The van der Waals surface area contributed by atoms with E-state index >= 15 is 0 Å². The highest BCUT2D eigenvalue weighted by molar-refractivity contribution is 9.10. The van der Waals surface area contributed by atoms with Crippen LogP contribution in [-0.2, 0) is 6.54 Å². The number of phenols is 1. The van der Waals surface area contributed by atoms with E-state index in [1.54, 1.807) is 12.1 Å². The number of rotatable bonds is 4. The predicted octanol–water partition coefficient (Wildman–Crippen LogP) is 2.80. The maximum atomic E-state index is 9.50. The van der Waals surface area contributed by atoms with Crippen LogP contribution in [0, 0.1) is 5.41 Å². The standard InChI is InChI=1S/C14H20BrNO2/c1-14(9-17)6-2-3-13(14)16-8-10-7-11(18)4-5-12(10)15/h4-5,7,13,16-18H,2-3,6,8-9H2,1H3. The van der Waals surface area contributed by atoms with Gasteiger partial charge < -0.3 is 15.5 Å². The third kappa shape index (κ3) is 2.87. The zero-order chi connectivity index (χ0) is 13.2. The van der Waals surface area contributed by atoms with Gasteiger partial charge in [0, 0.05) is 29.1 Å². The van der Waals surface area contributed by atoms with E-state index in [0.29, 0.717) is 12.6 Å². The topological polar surface area (TPSA) is 52.5 Å². The van der Waals surface area contributed by atoms with Crippen molar-refractivity contribution in [1.82, 2.24) is 5.32 Å². The van der Waals surface area contributed by atoms with Crippen molar-refractivity contribution in [2.24, 2.45) is 5.41 Å². The predicted molar refractivity (Wildman–Crippen MR) is 75.5 cm³/mol. The van der Waals surface area contributed by atoms with E-state index in [0.717, 1.165) is 29.3 Å². The number of nitrogens with one attached hydrogen (secondary N) is 1. The largest absolute Gasteiger partial charge is 0.508 e. The van der Waals surface area contributed by atoms with Crippen molar-refractivity contribution in [3.8, 4) is 5.75 Å². The Balaban J connectivity index is 2.01. The summed E-state index contributed by atoms with van der Waals surface area (Å²) in [5.41, 5.74) is 1.03. The van der Waals surface area contributed by atoms with Crippen LogP contribution in [0.5, 0.6) is 5.75 Å². The Morgan fingerprint density at radius 2 is 2.28 bits per heavy atom. The van der Waals surface area contributed by atoms with Gasteiger partial charge in [0.05, 0.1) is 0 Å². The molecule has 100 valence electrons. The normalized spacial score (nSPS) is 27.6. The molecule has 1 aliphatic rings. The van der Waals surface area contributed by atoms with Gasteiger partial charge in [0.25, 0.3) is 0 Å². The van der Waals surface area contributed by atoms with E-state index in [2.05, 4.69) is 28.2 Å². The smallest absolute Gasteiger partial charge is 0.115 e. The molecule has 1 aliphatic carbocycles. The summed E-state index contributed by atoms with van der Waals surface area (Å²) in [5, 5.41) is 22.5. The van der Waals surface area contributed by atoms with Crippen LogP contribution in [0.3, 0.4) is 0 Å². The third-order valence-corrected chi connectivity index (χ3v) is 4.78. The first-order chi connectivity index (χ1) is 8.55. The molecule has 3 nitrogen and oxygen atoms in total. The van der Waals surface area contributed by atoms with Crippen LogP contribution in [0.4, 0.5) is 0 Å². The number of aliphatic hydroxyl groups is 1. The monoisotopic (exact) mass is 313 g/mol. The summed E-state index contributed by atoms with van der Waals surface area (Å²) in [7, 11) is 0. The molecular formula is C14H20BrNO2. The first kappa shape index (κ1) is 13.8. The second-order valence-corrected chi connectivity index (χ2v) is 6.27. The molecule has 0 aromatic heterocycles. The molecule has 0 spiro atoms. The fourth-order valence-corrected chi connectivity index (χ4v) is 3.09. The molecule has 0 heterocycles. The molecule has 0 bridgehead atoms. The third-order valence-electron chi connectivity index (χ3n) is 4.01. The zero-order valence-electron chi connectivity index (χ0n) is 10.6. The van der Waals surface area contributed by atoms with Crippen LogP contribution in [0.25, 0.3) is 0 Å². The summed E-state index contributed by atoms with van der Waals surface area (Å²) >= 11 is 3.49. The zero-order valence-corrected chi connectivity index (χ0v) is 12.2. The molecule has 1 fully saturated rings. The van der Waals surface area contributed by atoms with E-state index in [-0.39, 0.29) is 17.8 Å². The van der Waals surface area contributed by atoms with Crippen LogP contribution in [0.2, 0.25) is 0 Å². The number of phenolic OH excluding ortho intramolecular Hbond substituents is 1. The average molecular weight is 314 g/mol. The molecule has 4 heteroatoms. The minimum absolute atomic E-state index is 0.0106. The Labute approximate surface area is 116 Å². The van der Waals surface area contributed by atoms with Gasteiger partial charge in [-0.25, -0.2) is 0 Å². The van der Waals surface area contributed by atoms with Gasteiger partial charge in [-0.05, 0) is 36.6 Å². The molecule has 3 N–H and O–H groups in total. The molecule has 1 saturated carbocycles. The summed E-state index contributed by atoms with van der Waals surface area (Å²) in [4.78, 5) is 0. The van der Waals surface area contributed by atoms with Gasteiger partial charge in [0.2, 0.25) is 0 Å². The van der Waals surface area contributed by atoms with Crippen molar-refractivity contribution in [3.63, 3.8) is 0 Å². The Morgan fingerprint density at radius 1 is 1.50 bits per heavy atom. The lowest BCUT2D eigenvalue weighted by atomic mass is 9.86. The van der Waals surface area contributed by atoms with Crippen molar-refractivity contribution in [2.45, 2.75) is 38.8 Å². The summed E-state index contributed by atoms with van der Waals surface area (Å²) in [6.07, 6.45) is 3.34. The summed E-state index contributed by atoms with van der Waals surface area (Å²) in [6, 6.07) is 5.63. The number of hydrogen-bond acceptors (Lipinski definition) is 3. The van der Waals surface area contributed by atoms with Gasteiger partial charge in [-0.1, -0.05) is 29.3 Å². The first-order valence-electron chi connectivity index (χ1n) is 6.37. The Bertz CT molecular complexity index is 424. The van der Waals surface area contributed by atoms with Gasteiger partial charge in [0.1, 0.15) is 5.75 Å². The minimum Gasteiger partial charge on any atom is -0.508 e. The highest BCUT2D eigenvalue weighted by Gasteiger charge is 2.37. The van der Waals surface area contributed by atoms with E-state index < -0.39 is 0 Å². The van der Waals surface area contributed by atoms with Gasteiger partial charge in [0.15, 0.2) is 0 Å². The minimum atomic E-state index is -0.0106. The molecule has 2 unspecified atom stereocenters. The van der Waals surface area contributed by atoms with Gasteiger partial charge in [-0.3, -0.25) is 0 Å². The molecule has 2 atom stereocenters. The highest BCUT2D eigenvalue weighted by Crippen LogP contribution is 2.37. The molecule has 0 amide bonds. The summed E-state index contributed by atoms with van der Waals surface area (Å²) in [6.45, 7) is 3.07. The number of hydrogen-bond donors (Lipinski definition) is 3. The number of aromatic hydroxyl groups is 1. The Morgan fingerprint density at radius 3 is 3.00 bits per heavy atom. The average Bonchev–Trinajstić information content (AvgIpc) is 2.73. The molecular weight excluding hydrogens is 294 g/mol. The van der Waals surface area contributed by atoms with E-state index in [1.165, 1.54) is 0 Å². The molecule has 1 aromatic rings. The van der Waals surface area contributed by atoms with Crippen LogP contribution < -0.4 is 5.32 Å². The van der Waals surface area contributed by atoms with Crippen LogP contribution in [0.1, 0.15) is 31.7 Å². The maximum Gasteiger partial charge on any atom is 0.115 e. The van der Waals surface area contributed by atoms with Crippen molar-refractivity contribution in [3.05, 3.63) is 28.2 Å². The van der Waals surface area contributed by atoms with Gasteiger partial charge in [-0.15, -0.1) is 0 Å². The molecule has 1 aromatic carbocycles. The molecule has 0 aliphatic heterocycles. The number of aliphatic hydroxyl groups excluding tert-OH is 1. The van der Waals surface area contributed by atoms with Crippen molar-refractivity contribution < 1.29 is 10.2 Å². The quantitative estimate of drug-likeness (QED) is 0.801. The second-order valence-electron chi connectivity index (χ2n) is 5.41. The van der Waals surface area contributed by atoms with Crippen LogP contribution >= 0.6 is 15.9 Å². The fraction of sp³-hybridized carbons (Fsp3) is 0.571. The van der Waals surface area contributed by atoms with Gasteiger partial charge in [-0.2, -0.15) is 0 Å². The van der Waals surface area contributed by atoms with Crippen molar-refractivity contribution in [1.29, 1.82) is 0 Å². The molecule has 0 radical (unpaired) electrons. The summed E-state index contributed by atoms with van der Waals surface area (Å²) < 4.78 is 0.997. The lowest BCUT2D eigenvalue weighted by Crippen LogP contribution is -2.41. The van der Waals surface area contributed by atoms with E-state index in [1.807, 2.05) is 6.07 Å². The van der Waals surface area contributed by atoms with Crippen molar-refractivity contribution >= 4 is 15.9 Å². The van der Waals surface area contributed by atoms with E-state index in [4.69, 9.17) is 0 Å². The first-order valence-corrected chi connectivity index (χ1v) is 7.16. The van der Waals surface area contributed by atoms with Crippen LogP contribution in [0.15, 0.2) is 22.7 Å². The van der Waals surface area contributed by atoms with E-state index in [9.17, 15) is 10.2 Å². The molecule has 2 rings (SSSR count). The Hall–Kier alpha value is -0.580. The molecule has 18 heavy (non-hydrogen) atoms. The SMILES string of the molecule is CC1(CO)CCCC1NCc1cc(O)ccc1Br. The molecule has 0 saturated heterocycles. The van der Waals surface area contributed by atoms with Crippen LogP contribution in [-0.4, -0.2) is 22.9 Å². The highest BCUT2D eigenvalue weighted by atomic mass is 79.9. The second kappa shape index (κ2) is 5.59. The van der Waals surface area contributed by atoms with Gasteiger partial charge >= 0.3 is 0 Å². The summed E-state index contributed by atoms with van der Waals surface area (Å²) in [5.74, 6) is 0.284. The maximum absolute atomic E-state index is 9.50.